The Kier molecular flexibility index (Phi) is 4.17. The first kappa shape index (κ1) is 13.0. The number of nitrogens with one attached hydrogen (secondary N) is 1. The molecule has 0 aromatic carbocycles. The molecule has 17 heavy (non-hydrogen) atoms. The van der Waals surface area contributed by atoms with Crippen LogP contribution >= 0.6 is 11.3 Å². The molecule has 0 aliphatic heterocycles. The maximum atomic E-state index is 9.49. The first-order chi connectivity index (χ1) is 8.06. The lowest BCUT2D eigenvalue weighted by Crippen LogP contribution is -2.36. The minimum atomic E-state index is -0.0772. The van der Waals surface area contributed by atoms with Gasteiger partial charge in [0.25, 0.3) is 0 Å². The normalized spacial score (nSPS) is 27.1. The highest BCUT2D eigenvalue weighted by Gasteiger charge is 2.22. The zero-order valence-corrected chi connectivity index (χ0v) is 11.7. The Morgan fingerprint density at radius 3 is 2.47 bits per heavy atom. The highest BCUT2D eigenvalue weighted by atomic mass is 32.1. The van der Waals surface area contributed by atoms with Gasteiger partial charge in [-0.05, 0) is 46.5 Å². The number of rotatable bonds is 3. The molecule has 1 heterocycles. The number of hydrogen-bond acceptors (Lipinski definition) is 4. The van der Waals surface area contributed by atoms with Crippen molar-refractivity contribution in [3.8, 4) is 0 Å². The molecule has 0 saturated heterocycles. The van der Waals surface area contributed by atoms with Crippen LogP contribution in [0.25, 0.3) is 0 Å². The molecule has 2 N–H and O–H groups in total. The summed E-state index contributed by atoms with van der Waals surface area (Å²) in [7, 11) is 0. The summed E-state index contributed by atoms with van der Waals surface area (Å²) >= 11 is 1.77. The fourth-order valence-electron chi connectivity index (χ4n) is 2.62. The summed E-state index contributed by atoms with van der Waals surface area (Å²) < 4.78 is 0. The van der Waals surface area contributed by atoms with Crippen LogP contribution in [-0.2, 0) is 0 Å². The molecular formula is C13H22N2OS. The fourth-order valence-corrected chi connectivity index (χ4v) is 3.54. The van der Waals surface area contributed by atoms with E-state index in [1.165, 1.54) is 10.6 Å². The van der Waals surface area contributed by atoms with E-state index in [-0.39, 0.29) is 6.10 Å². The molecule has 1 atom stereocenters. The average molecular weight is 254 g/mol. The van der Waals surface area contributed by atoms with Gasteiger partial charge in [0.15, 0.2) is 0 Å². The van der Waals surface area contributed by atoms with Crippen molar-refractivity contribution >= 4 is 11.3 Å². The maximum Gasteiger partial charge on any atom is 0.0900 e. The fraction of sp³-hybridized carbons (Fsp3) is 0.769. The number of aryl methyl sites for hydroxylation is 2. The van der Waals surface area contributed by atoms with E-state index in [4.69, 9.17) is 0 Å². The van der Waals surface area contributed by atoms with Gasteiger partial charge in [0.2, 0.25) is 0 Å². The third-order valence-corrected chi connectivity index (χ3v) is 4.43. The molecule has 2 rings (SSSR count). The molecule has 3 nitrogen and oxygen atoms in total. The van der Waals surface area contributed by atoms with Crippen LogP contribution in [-0.4, -0.2) is 22.2 Å². The van der Waals surface area contributed by atoms with Crippen molar-refractivity contribution in [2.45, 2.75) is 64.6 Å². The number of aromatic nitrogens is 1. The molecule has 1 aromatic rings. The summed E-state index contributed by atoms with van der Waals surface area (Å²) in [5.41, 5.74) is 1.19. The second-order valence-corrected chi connectivity index (χ2v) is 6.48. The number of nitrogens with zero attached hydrogens (tertiary/aromatic N) is 1. The van der Waals surface area contributed by atoms with Crippen LogP contribution in [0.4, 0.5) is 0 Å². The van der Waals surface area contributed by atoms with Gasteiger partial charge in [-0.15, -0.1) is 11.3 Å². The summed E-state index contributed by atoms with van der Waals surface area (Å²) in [5, 5.41) is 14.3. The van der Waals surface area contributed by atoms with E-state index in [1.807, 2.05) is 0 Å². The van der Waals surface area contributed by atoms with E-state index in [2.05, 4.69) is 31.1 Å². The number of aliphatic hydroxyl groups excluding tert-OH is 1. The number of thiazole rings is 1. The van der Waals surface area contributed by atoms with Gasteiger partial charge in [0, 0.05) is 17.0 Å². The van der Waals surface area contributed by atoms with Gasteiger partial charge in [0.1, 0.15) is 0 Å². The maximum absolute atomic E-state index is 9.49. The lowest BCUT2D eigenvalue weighted by molar-refractivity contribution is 0.114. The standard InChI is InChI=1S/C13H22N2OS/c1-8(13-9(2)17-10(3)15-13)14-11-4-6-12(16)7-5-11/h8,11-12,14,16H,4-7H2,1-3H3. The largest absolute Gasteiger partial charge is 0.393 e. The molecule has 1 aromatic heterocycles. The molecule has 1 aliphatic rings. The molecule has 1 saturated carbocycles. The van der Waals surface area contributed by atoms with Crippen molar-refractivity contribution in [2.75, 3.05) is 0 Å². The van der Waals surface area contributed by atoms with Crippen LogP contribution in [0.1, 0.15) is 54.2 Å². The molecule has 0 spiro atoms. The summed E-state index contributed by atoms with van der Waals surface area (Å²) in [6, 6.07) is 0.856. The minimum absolute atomic E-state index is 0.0772. The highest BCUT2D eigenvalue weighted by molar-refractivity contribution is 7.11. The van der Waals surface area contributed by atoms with Gasteiger partial charge < -0.3 is 10.4 Å². The van der Waals surface area contributed by atoms with Crippen LogP contribution in [0.5, 0.6) is 0 Å². The first-order valence-corrected chi connectivity index (χ1v) is 7.26. The Hall–Kier alpha value is -0.450. The van der Waals surface area contributed by atoms with E-state index in [0.717, 1.165) is 30.7 Å². The Bertz CT molecular complexity index is 369. The molecule has 1 aliphatic carbocycles. The van der Waals surface area contributed by atoms with Gasteiger partial charge in [-0.1, -0.05) is 0 Å². The summed E-state index contributed by atoms with van der Waals surface area (Å²) in [5.74, 6) is 0. The van der Waals surface area contributed by atoms with Crippen LogP contribution in [0.3, 0.4) is 0 Å². The summed E-state index contributed by atoms with van der Waals surface area (Å²) in [6.45, 7) is 6.39. The van der Waals surface area contributed by atoms with Crippen molar-refractivity contribution in [3.05, 3.63) is 15.6 Å². The van der Waals surface area contributed by atoms with Gasteiger partial charge >= 0.3 is 0 Å². The Labute approximate surface area is 107 Å². The monoisotopic (exact) mass is 254 g/mol. The van der Waals surface area contributed by atoms with Gasteiger partial charge in [-0.3, -0.25) is 0 Å². The van der Waals surface area contributed by atoms with Crippen molar-refractivity contribution in [1.82, 2.24) is 10.3 Å². The highest BCUT2D eigenvalue weighted by Crippen LogP contribution is 2.25. The zero-order valence-electron chi connectivity index (χ0n) is 10.9. The van der Waals surface area contributed by atoms with E-state index in [0.29, 0.717) is 12.1 Å². The van der Waals surface area contributed by atoms with Gasteiger partial charge in [0.05, 0.1) is 16.8 Å². The number of aliphatic hydroxyl groups is 1. The predicted octanol–water partition coefficient (Wildman–Crippen LogP) is 2.71. The van der Waals surface area contributed by atoms with E-state index in [1.54, 1.807) is 11.3 Å². The van der Waals surface area contributed by atoms with Gasteiger partial charge in [-0.2, -0.15) is 0 Å². The Balaban J connectivity index is 1.93. The van der Waals surface area contributed by atoms with E-state index >= 15 is 0 Å². The molecule has 96 valence electrons. The molecular weight excluding hydrogens is 232 g/mol. The SMILES string of the molecule is Cc1nc(C(C)NC2CCC(O)CC2)c(C)s1. The lowest BCUT2D eigenvalue weighted by atomic mass is 9.92. The van der Waals surface area contributed by atoms with Crippen LogP contribution < -0.4 is 5.32 Å². The van der Waals surface area contributed by atoms with Crippen LogP contribution in [0.15, 0.2) is 0 Å². The van der Waals surface area contributed by atoms with Crippen LogP contribution in [0, 0.1) is 13.8 Å². The molecule has 4 heteroatoms. The van der Waals surface area contributed by atoms with E-state index < -0.39 is 0 Å². The average Bonchev–Trinajstić information content (AvgIpc) is 2.61. The molecule has 1 unspecified atom stereocenters. The summed E-state index contributed by atoms with van der Waals surface area (Å²) in [6.07, 6.45) is 3.94. The van der Waals surface area contributed by atoms with Gasteiger partial charge in [-0.25, -0.2) is 4.98 Å². The van der Waals surface area contributed by atoms with Crippen molar-refractivity contribution in [2.24, 2.45) is 0 Å². The minimum Gasteiger partial charge on any atom is -0.393 e. The molecule has 0 amide bonds. The Morgan fingerprint density at radius 1 is 1.29 bits per heavy atom. The second kappa shape index (κ2) is 5.46. The zero-order chi connectivity index (χ0) is 12.4. The van der Waals surface area contributed by atoms with Crippen molar-refractivity contribution < 1.29 is 5.11 Å². The van der Waals surface area contributed by atoms with Crippen molar-refractivity contribution in [3.63, 3.8) is 0 Å². The summed E-state index contributed by atoms with van der Waals surface area (Å²) in [4.78, 5) is 5.92. The molecule has 0 radical (unpaired) electrons. The third-order valence-electron chi connectivity index (χ3n) is 3.53. The molecule has 1 fully saturated rings. The second-order valence-electron chi connectivity index (χ2n) is 5.07. The topological polar surface area (TPSA) is 45.2 Å². The Morgan fingerprint density at radius 2 is 1.94 bits per heavy atom. The van der Waals surface area contributed by atoms with Crippen molar-refractivity contribution in [1.29, 1.82) is 0 Å². The lowest BCUT2D eigenvalue weighted by Gasteiger charge is -2.28. The third kappa shape index (κ3) is 3.27. The molecule has 0 bridgehead atoms. The first-order valence-electron chi connectivity index (χ1n) is 6.44. The number of hydrogen-bond donors (Lipinski definition) is 2. The quantitative estimate of drug-likeness (QED) is 0.872. The van der Waals surface area contributed by atoms with E-state index in [9.17, 15) is 5.11 Å². The van der Waals surface area contributed by atoms with Crippen LogP contribution in [0.2, 0.25) is 0 Å². The predicted molar refractivity (Wildman–Crippen MR) is 71.4 cm³/mol. The smallest absolute Gasteiger partial charge is 0.0900 e.